The molecule has 1 heterocycles. The van der Waals surface area contributed by atoms with Gasteiger partial charge in [0.1, 0.15) is 0 Å². The second kappa shape index (κ2) is 5.16. The van der Waals surface area contributed by atoms with E-state index < -0.39 is 0 Å². The molecule has 0 saturated heterocycles. The van der Waals surface area contributed by atoms with Gasteiger partial charge in [-0.25, -0.2) is 5.90 Å². The molecule has 1 aliphatic heterocycles. The van der Waals surface area contributed by atoms with Gasteiger partial charge in [0.15, 0.2) is 11.5 Å². The zero-order chi connectivity index (χ0) is 11.4. The van der Waals surface area contributed by atoms with Gasteiger partial charge in [-0.1, -0.05) is 6.07 Å². The summed E-state index contributed by atoms with van der Waals surface area (Å²) in [4.78, 5) is 4.59. The van der Waals surface area contributed by atoms with Gasteiger partial charge in [0, 0.05) is 12.7 Å². The van der Waals surface area contributed by atoms with Crippen molar-refractivity contribution in [1.29, 1.82) is 0 Å². The summed E-state index contributed by atoms with van der Waals surface area (Å²) in [7, 11) is 1.65. The number of benzene rings is 1. The van der Waals surface area contributed by atoms with Gasteiger partial charge in [-0.05, 0) is 18.1 Å². The maximum atomic E-state index is 5.43. The number of hydrogen-bond donors (Lipinski definition) is 1. The van der Waals surface area contributed by atoms with Crippen LogP contribution in [0.2, 0.25) is 0 Å². The lowest BCUT2D eigenvalue weighted by molar-refractivity contribution is 0.139. The van der Waals surface area contributed by atoms with Gasteiger partial charge in [0.05, 0.1) is 13.2 Å². The first-order valence-electron chi connectivity index (χ1n) is 5.07. The number of rotatable bonds is 5. The van der Waals surface area contributed by atoms with Crippen LogP contribution in [0, 0.1) is 0 Å². The molecule has 0 atom stereocenters. The van der Waals surface area contributed by atoms with Crippen LogP contribution in [0.3, 0.4) is 0 Å². The predicted molar refractivity (Wildman–Crippen MR) is 57.1 cm³/mol. The average Bonchev–Trinajstić information content (AvgIpc) is 2.76. The van der Waals surface area contributed by atoms with Gasteiger partial charge < -0.3 is 19.0 Å². The van der Waals surface area contributed by atoms with Crippen molar-refractivity contribution < 1.29 is 19.0 Å². The Kier molecular flexibility index (Phi) is 3.61. The van der Waals surface area contributed by atoms with Crippen LogP contribution >= 0.6 is 0 Å². The highest BCUT2D eigenvalue weighted by Crippen LogP contribution is 2.38. The summed E-state index contributed by atoms with van der Waals surface area (Å²) >= 11 is 0. The van der Waals surface area contributed by atoms with Crippen LogP contribution in [0.25, 0.3) is 0 Å². The van der Waals surface area contributed by atoms with E-state index in [4.69, 9.17) is 20.1 Å². The van der Waals surface area contributed by atoms with E-state index in [0.717, 1.165) is 29.0 Å². The van der Waals surface area contributed by atoms with Crippen molar-refractivity contribution in [2.24, 2.45) is 5.90 Å². The molecule has 0 amide bonds. The second-order valence-corrected chi connectivity index (χ2v) is 3.49. The Labute approximate surface area is 94.0 Å². The number of hydrogen-bond acceptors (Lipinski definition) is 5. The summed E-state index contributed by atoms with van der Waals surface area (Å²) in [6, 6.07) is 3.88. The summed E-state index contributed by atoms with van der Waals surface area (Å²) in [5, 5.41) is 0. The topological polar surface area (TPSA) is 62.9 Å². The highest BCUT2D eigenvalue weighted by Gasteiger charge is 2.20. The monoisotopic (exact) mass is 225 g/mol. The molecule has 0 aromatic heterocycles. The first kappa shape index (κ1) is 11.2. The van der Waals surface area contributed by atoms with Crippen LogP contribution in [-0.4, -0.2) is 20.5 Å². The molecule has 0 bridgehead atoms. The third-order valence-electron chi connectivity index (χ3n) is 2.52. The molecule has 0 unspecified atom stereocenters. The maximum Gasteiger partial charge on any atom is 0.231 e. The second-order valence-electron chi connectivity index (χ2n) is 3.49. The van der Waals surface area contributed by atoms with E-state index >= 15 is 0 Å². The van der Waals surface area contributed by atoms with Crippen molar-refractivity contribution in [2.75, 3.05) is 20.5 Å². The normalized spacial score (nSPS) is 13.1. The first-order valence-corrected chi connectivity index (χ1v) is 5.07. The van der Waals surface area contributed by atoms with Crippen molar-refractivity contribution in [2.45, 2.75) is 13.0 Å². The average molecular weight is 225 g/mol. The minimum Gasteiger partial charge on any atom is -0.454 e. The zero-order valence-electron chi connectivity index (χ0n) is 9.19. The SMILES string of the molecule is COCc1c(CCON)ccc2c1OCO2. The van der Waals surface area contributed by atoms with Gasteiger partial charge >= 0.3 is 0 Å². The quantitative estimate of drug-likeness (QED) is 0.757. The van der Waals surface area contributed by atoms with Crippen LogP contribution in [0.5, 0.6) is 11.5 Å². The Balaban J connectivity index is 2.29. The third-order valence-corrected chi connectivity index (χ3v) is 2.52. The summed E-state index contributed by atoms with van der Waals surface area (Å²) < 4.78 is 15.9. The fourth-order valence-electron chi connectivity index (χ4n) is 1.78. The summed E-state index contributed by atoms with van der Waals surface area (Å²) in [5.74, 6) is 6.57. The minimum atomic E-state index is 0.267. The molecule has 0 saturated carbocycles. The van der Waals surface area contributed by atoms with Gasteiger partial charge in [0.2, 0.25) is 6.79 Å². The molecule has 16 heavy (non-hydrogen) atoms. The van der Waals surface area contributed by atoms with Gasteiger partial charge in [0.25, 0.3) is 0 Å². The van der Waals surface area contributed by atoms with E-state index in [0.29, 0.717) is 13.2 Å². The number of methoxy groups -OCH3 is 1. The molecule has 0 fully saturated rings. The van der Waals surface area contributed by atoms with E-state index in [1.54, 1.807) is 7.11 Å². The lowest BCUT2D eigenvalue weighted by atomic mass is 10.0. The molecule has 2 rings (SSSR count). The molecule has 2 N–H and O–H groups in total. The zero-order valence-corrected chi connectivity index (χ0v) is 9.19. The fourth-order valence-corrected chi connectivity index (χ4v) is 1.78. The summed E-state index contributed by atoms with van der Waals surface area (Å²) in [6.45, 7) is 1.23. The Morgan fingerprint density at radius 2 is 2.25 bits per heavy atom. The van der Waals surface area contributed by atoms with Gasteiger partial charge in [-0.15, -0.1) is 0 Å². The van der Waals surface area contributed by atoms with Crippen LogP contribution < -0.4 is 15.4 Å². The van der Waals surface area contributed by atoms with E-state index in [9.17, 15) is 0 Å². The van der Waals surface area contributed by atoms with Gasteiger partial charge in [-0.2, -0.15) is 0 Å². The number of fused-ring (bicyclic) bond motifs is 1. The maximum absolute atomic E-state index is 5.43. The molecule has 0 spiro atoms. The standard InChI is InChI=1S/C11H15NO4/c1-13-6-9-8(4-5-16-12)2-3-10-11(9)15-7-14-10/h2-3H,4-7,12H2,1H3. The molecular formula is C11H15NO4. The van der Waals surface area contributed by atoms with E-state index in [-0.39, 0.29) is 6.79 Å². The Hall–Kier alpha value is -1.30. The molecule has 1 aromatic rings. The van der Waals surface area contributed by atoms with Crippen molar-refractivity contribution in [3.63, 3.8) is 0 Å². The molecule has 1 aliphatic rings. The van der Waals surface area contributed by atoms with Crippen molar-refractivity contribution in [3.8, 4) is 11.5 Å². The predicted octanol–water partition coefficient (Wildman–Crippen LogP) is 0.994. The molecule has 1 aromatic carbocycles. The lowest BCUT2D eigenvalue weighted by Crippen LogP contribution is -2.06. The third kappa shape index (κ3) is 2.11. The fraction of sp³-hybridized carbons (Fsp3) is 0.455. The summed E-state index contributed by atoms with van der Waals surface area (Å²) in [6.07, 6.45) is 0.728. The van der Waals surface area contributed by atoms with Crippen molar-refractivity contribution in [3.05, 3.63) is 23.3 Å². The molecule has 88 valence electrons. The largest absolute Gasteiger partial charge is 0.454 e. The lowest BCUT2D eigenvalue weighted by Gasteiger charge is -2.11. The highest BCUT2D eigenvalue weighted by molar-refractivity contribution is 5.52. The number of nitrogens with two attached hydrogens (primary N) is 1. The number of ether oxygens (including phenoxy) is 3. The molecule has 5 heteroatoms. The summed E-state index contributed by atoms with van der Waals surface area (Å²) in [5.41, 5.74) is 2.12. The minimum absolute atomic E-state index is 0.267. The van der Waals surface area contributed by atoms with E-state index in [1.807, 2.05) is 12.1 Å². The molecule has 0 radical (unpaired) electrons. The Morgan fingerprint density at radius 3 is 3.00 bits per heavy atom. The van der Waals surface area contributed by atoms with Crippen LogP contribution in [0.4, 0.5) is 0 Å². The van der Waals surface area contributed by atoms with Crippen LogP contribution in [-0.2, 0) is 22.6 Å². The highest BCUT2D eigenvalue weighted by atomic mass is 16.7. The van der Waals surface area contributed by atoms with Crippen LogP contribution in [0.15, 0.2) is 12.1 Å². The van der Waals surface area contributed by atoms with Crippen molar-refractivity contribution in [1.82, 2.24) is 0 Å². The molecular weight excluding hydrogens is 210 g/mol. The smallest absolute Gasteiger partial charge is 0.231 e. The van der Waals surface area contributed by atoms with E-state index in [1.165, 1.54) is 0 Å². The first-order chi connectivity index (χ1) is 7.86. The van der Waals surface area contributed by atoms with Crippen LogP contribution in [0.1, 0.15) is 11.1 Å². The van der Waals surface area contributed by atoms with Gasteiger partial charge in [-0.3, -0.25) is 0 Å². The van der Waals surface area contributed by atoms with E-state index in [2.05, 4.69) is 4.84 Å². The molecule has 5 nitrogen and oxygen atoms in total. The van der Waals surface area contributed by atoms with Crippen molar-refractivity contribution >= 4 is 0 Å². The molecule has 0 aliphatic carbocycles. The Bertz CT molecular complexity index is 367. The Morgan fingerprint density at radius 1 is 1.38 bits per heavy atom.